The minimum atomic E-state index is -4.61. The lowest BCUT2D eigenvalue weighted by Crippen LogP contribution is -2.33. The molecule has 0 aromatic heterocycles. The summed E-state index contributed by atoms with van der Waals surface area (Å²) in [5, 5.41) is 7.89. The van der Waals surface area contributed by atoms with Gasteiger partial charge in [0.1, 0.15) is 0 Å². The average molecular weight is 182 g/mol. The molecule has 0 aromatic rings. The summed E-state index contributed by atoms with van der Waals surface area (Å²) >= 11 is 0. The summed E-state index contributed by atoms with van der Waals surface area (Å²) in [7, 11) is -4.61. The second-order valence-electron chi connectivity index (χ2n) is 1.69. The topological polar surface area (TPSA) is 118 Å². The highest BCUT2D eigenvalue weighted by atomic mass is 28.4. The second-order valence-corrected chi connectivity index (χ2v) is 2.89. The number of rotatable bonds is 1. The monoisotopic (exact) mass is 182 g/mol. The fourth-order valence-electron chi connectivity index (χ4n) is 0. The Morgan fingerprint density at radius 1 is 1.27 bits per heavy atom. The average Bonchev–Trinajstić information content (AvgIpc) is 1.59. The van der Waals surface area contributed by atoms with E-state index in [1.54, 1.807) is 0 Å². The summed E-state index contributed by atoms with van der Waals surface area (Å²) in [6.45, 7) is 4.60. The predicted molar refractivity (Wildman–Crippen MR) is 37.1 cm³/mol. The minimum Gasteiger partial charge on any atom is -0.478 e. The van der Waals surface area contributed by atoms with E-state index in [4.69, 9.17) is 24.3 Å². The zero-order valence-corrected chi connectivity index (χ0v) is 6.85. The van der Waals surface area contributed by atoms with E-state index in [0.717, 1.165) is 0 Å². The molecule has 0 heterocycles. The van der Waals surface area contributed by atoms with Crippen LogP contribution in [0.1, 0.15) is 6.92 Å². The van der Waals surface area contributed by atoms with Crippen molar-refractivity contribution in [3.8, 4) is 0 Å². The molecule has 66 valence electrons. The van der Waals surface area contributed by atoms with Gasteiger partial charge in [-0.2, -0.15) is 0 Å². The van der Waals surface area contributed by atoms with Crippen molar-refractivity contribution in [1.82, 2.24) is 0 Å². The van der Waals surface area contributed by atoms with Crippen molar-refractivity contribution < 1.29 is 29.1 Å². The molecule has 0 fully saturated rings. The Balaban J connectivity index is 0. The van der Waals surface area contributed by atoms with E-state index in [1.165, 1.54) is 6.92 Å². The summed E-state index contributed by atoms with van der Waals surface area (Å²) in [6.07, 6.45) is 0. The van der Waals surface area contributed by atoms with Gasteiger partial charge in [0.2, 0.25) is 0 Å². The molecule has 0 spiro atoms. The maximum atomic E-state index is 9.60. The van der Waals surface area contributed by atoms with Gasteiger partial charge in [-0.3, -0.25) is 0 Å². The first-order valence-corrected chi connectivity index (χ1v) is 4.21. The molecule has 0 aliphatic rings. The number of hydrogen-bond donors (Lipinski definition) is 5. The van der Waals surface area contributed by atoms with Gasteiger partial charge in [0.15, 0.2) is 0 Å². The molecule has 0 radical (unpaired) electrons. The lowest BCUT2D eigenvalue weighted by molar-refractivity contribution is -0.132. The van der Waals surface area contributed by atoms with Crippen LogP contribution in [-0.2, 0) is 4.79 Å². The number of carboxylic acid groups (broad SMARTS) is 1. The van der Waals surface area contributed by atoms with Crippen LogP contribution in [0, 0.1) is 0 Å². The zero-order chi connectivity index (χ0) is 9.65. The van der Waals surface area contributed by atoms with E-state index >= 15 is 0 Å². The third-order valence-electron chi connectivity index (χ3n) is 0.365. The summed E-state index contributed by atoms with van der Waals surface area (Å²) in [5.41, 5.74) is 0.176. The largest absolute Gasteiger partial charge is 0.668 e. The highest BCUT2D eigenvalue weighted by molar-refractivity contribution is 6.46. The van der Waals surface area contributed by atoms with E-state index in [-0.39, 0.29) is 5.57 Å². The van der Waals surface area contributed by atoms with Gasteiger partial charge in [0, 0.05) is 5.57 Å². The lowest BCUT2D eigenvalue weighted by atomic mass is 10.4. The van der Waals surface area contributed by atoms with Crippen LogP contribution in [0.5, 0.6) is 0 Å². The first-order valence-electron chi connectivity index (χ1n) is 2.43. The summed E-state index contributed by atoms with van der Waals surface area (Å²) in [4.78, 5) is 38.9. The van der Waals surface area contributed by atoms with Crippen LogP contribution in [-0.4, -0.2) is 39.3 Å². The minimum absolute atomic E-state index is 0.176. The van der Waals surface area contributed by atoms with Gasteiger partial charge in [-0.15, -0.1) is 0 Å². The predicted octanol–water partition coefficient (Wildman–Crippen LogP) is -1.96. The molecular weight excluding hydrogens is 172 g/mol. The van der Waals surface area contributed by atoms with E-state index in [9.17, 15) is 4.79 Å². The first-order chi connectivity index (χ1) is 4.64. The third-order valence-corrected chi connectivity index (χ3v) is 0.365. The lowest BCUT2D eigenvalue weighted by Gasteiger charge is -1.91. The SMILES string of the molecule is C=C(C)C(=O)O.O[Si](O)(O)O. The number of hydrogen-bond acceptors (Lipinski definition) is 5. The fourth-order valence-corrected chi connectivity index (χ4v) is 0. The second kappa shape index (κ2) is 4.99. The fraction of sp³-hybridized carbons (Fsp3) is 0.250. The molecule has 0 saturated carbocycles. The first kappa shape index (κ1) is 12.9. The molecule has 6 nitrogen and oxygen atoms in total. The third kappa shape index (κ3) is 45.9. The standard InChI is InChI=1S/C4H6O2.H4O4Si/c1-3(2)4(5)6;1-5(2,3)4/h1H2,2H3,(H,5,6);1-4H. The van der Waals surface area contributed by atoms with E-state index in [0.29, 0.717) is 0 Å². The number of aliphatic carboxylic acids is 1. The molecule has 11 heavy (non-hydrogen) atoms. The Bertz CT molecular complexity index is 129. The maximum absolute atomic E-state index is 9.60. The molecule has 0 aliphatic heterocycles. The van der Waals surface area contributed by atoms with Gasteiger partial charge in [-0.1, -0.05) is 6.58 Å². The normalized spacial score (nSPS) is 9.55. The summed E-state index contributed by atoms with van der Waals surface area (Å²) < 4.78 is 0. The van der Waals surface area contributed by atoms with Crippen molar-refractivity contribution in [2.45, 2.75) is 6.92 Å². The van der Waals surface area contributed by atoms with Gasteiger partial charge < -0.3 is 24.3 Å². The Kier molecular flexibility index (Phi) is 5.85. The van der Waals surface area contributed by atoms with Crippen LogP contribution in [0.3, 0.4) is 0 Å². The molecule has 0 unspecified atom stereocenters. The van der Waals surface area contributed by atoms with Gasteiger partial charge >= 0.3 is 15.0 Å². The molecule has 0 saturated heterocycles. The van der Waals surface area contributed by atoms with Gasteiger partial charge in [0.25, 0.3) is 0 Å². The quantitative estimate of drug-likeness (QED) is 0.237. The van der Waals surface area contributed by atoms with Crippen LogP contribution in [0.15, 0.2) is 12.2 Å². The molecule has 0 bridgehead atoms. The Morgan fingerprint density at radius 2 is 1.36 bits per heavy atom. The van der Waals surface area contributed by atoms with Crippen molar-refractivity contribution >= 4 is 15.0 Å². The number of carbonyl (C=O) groups is 1. The highest BCUT2D eigenvalue weighted by Gasteiger charge is 2.22. The van der Waals surface area contributed by atoms with Crippen LogP contribution in [0.4, 0.5) is 0 Å². The summed E-state index contributed by atoms with van der Waals surface area (Å²) in [6, 6.07) is 0. The van der Waals surface area contributed by atoms with Crippen LogP contribution < -0.4 is 0 Å². The highest BCUT2D eigenvalue weighted by Crippen LogP contribution is 1.81. The molecule has 0 atom stereocenters. The van der Waals surface area contributed by atoms with E-state index in [1.807, 2.05) is 0 Å². The molecule has 0 rings (SSSR count). The zero-order valence-electron chi connectivity index (χ0n) is 5.85. The van der Waals surface area contributed by atoms with Crippen LogP contribution >= 0.6 is 0 Å². The molecule has 0 aliphatic carbocycles. The molecular formula is C4H10O6Si. The maximum Gasteiger partial charge on any atom is 0.668 e. The van der Waals surface area contributed by atoms with Crippen molar-refractivity contribution in [2.75, 3.05) is 0 Å². The van der Waals surface area contributed by atoms with Crippen LogP contribution in [0.25, 0.3) is 0 Å². The molecule has 0 aromatic carbocycles. The molecule has 5 N–H and O–H groups in total. The molecule has 0 amide bonds. The smallest absolute Gasteiger partial charge is 0.478 e. The van der Waals surface area contributed by atoms with Crippen molar-refractivity contribution in [3.05, 3.63) is 12.2 Å². The van der Waals surface area contributed by atoms with Gasteiger partial charge in [-0.05, 0) is 6.92 Å². The van der Waals surface area contributed by atoms with Crippen molar-refractivity contribution in [1.29, 1.82) is 0 Å². The van der Waals surface area contributed by atoms with Crippen LogP contribution in [0.2, 0.25) is 0 Å². The van der Waals surface area contributed by atoms with E-state index in [2.05, 4.69) is 6.58 Å². The molecule has 7 heteroatoms. The van der Waals surface area contributed by atoms with Crippen molar-refractivity contribution in [3.63, 3.8) is 0 Å². The van der Waals surface area contributed by atoms with Gasteiger partial charge in [-0.25, -0.2) is 4.79 Å². The Morgan fingerprint density at radius 3 is 1.36 bits per heavy atom. The Labute approximate surface area is 64.2 Å². The Hall–Kier alpha value is -0.733. The van der Waals surface area contributed by atoms with Crippen molar-refractivity contribution in [2.24, 2.45) is 0 Å². The van der Waals surface area contributed by atoms with Gasteiger partial charge in [0.05, 0.1) is 0 Å². The van der Waals surface area contributed by atoms with E-state index < -0.39 is 15.0 Å². The number of carboxylic acids is 1. The summed E-state index contributed by atoms with van der Waals surface area (Å²) in [5.74, 6) is -0.935.